The molecule has 4 aliphatic rings. The van der Waals surface area contributed by atoms with Gasteiger partial charge in [0, 0.05) is 0 Å². The third-order valence-corrected chi connectivity index (χ3v) is 10.1. The van der Waals surface area contributed by atoms with Gasteiger partial charge in [0.05, 0.1) is 0 Å². The van der Waals surface area contributed by atoms with Crippen LogP contribution in [0.5, 0.6) is 0 Å². The highest BCUT2D eigenvalue weighted by Crippen LogP contribution is 2.51. The number of hydrogen-bond acceptors (Lipinski definition) is 0. The van der Waals surface area contributed by atoms with Gasteiger partial charge in [-0.05, 0) is 105 Å². The fourth-order valence-electron chi connectivity index (χ4n) is 8.60. The van der Waals surface area contributed by atoms with E-state index in [9.17, 15) is 0 Å². The summed E-state index contributed by atoms with van der Waals surface area (Å²) in [6.45, 7) is 7.75. The Morgan fingerprint density at radius 3 is 1.41 bits per heavy atom. The zero-order valence-corrected chi connectivity index (χ0v) is 18.8. The first kappa shape index (κ1) is 20.3. The van der Waals surface area contributed by atoms with Gasteiger partial charge in [0.1, 0.15) is 0 Å². The lowest BCUT2D eigenvalue weighted by Crippen LogP contribution is -2.39. The van der Waals surface area contributed by atoms with Crippen LogP contribution in [0.3, 0.4) is 0 Å². The zero-order chi connectivity index (χ0) is 18.8. The van der Waals surface area contributed by atoms with Crippen LogP contribution in [0, 0.1) is 53.3 Å². The van der Waals surface area contributed by atoms with Crippen LogP contribution in [-0.4, -0.2) is 0 Å². The fraction of sp³-hybridized carbons (Fsp3) is 1.00. The van der Waals surface area contributed by atoms with E-state index in [2.05, 4.69) is 20.8 Å². The third kappa shape index (κ3) is 4.78. The molecule has 0 aromatic carbocycles. The maximum atomic E-state index is 2.64. The van der Waals surface area contributed by atoms with Crippen molar-refractivity contribution in [2.24, 2.45) is 53.3 Å². The van der Waals surface area contributed by atoms with Crippen molar-refractivity contribution < 1.29 is 0 Å². The molecule has 4 fully saturated rings. The quantitative estimate of drug-likeness (QED) is 0.466. The highest BCUT2D eigenvalue weighted by atomic mass is 14.5. The van der Waals surface area contributed by atoms with Gasteiger partial charge in [-0.25, -0.2) is 0 Å². The Bertz CT molecular complexity index is 419. The van der Waals surface area contributed by atoms with Crippen molar-refractivity contribution in [2.45, 2.75) is 117 Å². The molecule has 0 nitrogen and oxygen atoms in total. The fourth-order valence-corrected chi connectivity index (χ4v) is 8.60. The van der Waals surface area contributed by atoms with Crippen molar-refractivity contribution in [1.29, 1.82) is 0 Å². The van der Waals surface area contributed by atoms with E-state index in [1.54, 1.807) is 51.4 Å². The molecule has 4 rings (SSSR count). The molecular formula is C27H48. The van der Waals surface area contributed by atoms with Crippen molar-refractivity contribution in [3.63, 3.8) is 0 Å². The normalized spacial score (nSPS) is 47.7. The van der Waals surface area contributed by atoms with Crippen molar-refractivity contribution in [3.05, 3.63) is 0 Å². The predicted molar refractivity (Wildman–Crippen MR) is 118 cm³/mol. The van der Waals surface area contributed by atoms with Crippen LogP contribution >= 0.6 is 0 Å². The number of rotatable bonds is 3. The first-order valence-corrected chi connectivity index (χ1v) is 13.1. The maximum absolute atomic E-state index is 2.64. The Morgan fingerprint density at radius 1 is 0.407 bits per heavy atom. The third-order valence-electron chi connectivity index (χ3n) is 10.1. The monoisotopic (exact) mass is 372 g/mol. The summed E-state index contributed by atoms with van der Waals surface area (Å²) < 4.78 is 0. The van der Waals surface area contributed by atoms with E-state index in [4.69, 9.17) is 0 Å². The van der Waals surface area contributed by atoms with Crippen LogP contribution in [0.25, 0.3) is 0 Å². The maximum Gasteiger partial charge on any atom is -0.0334 e. The smallest absolute Gasteiger partial charge is 0.0334 e. The van der Waals surface area contributed by atoms with Crippen LogP contribution in [0.15, 0.2) is 0 Å². The first-order chi connectivity index (χ1) is 13.1. The largest absolute Gasteiger partial charge is 0.0625 e. The topological polar surface area (TPSA) is 0 Å². The molecule has 2 atom stereocenters. The van der Waals surface area contributed by atoms with Gasteiger partial charge in [-0.2, -0.15) is 0 Å². The summed E-state index contributed by atoms with van der Waals surface area (Å²) in [5.41, 5.74) is 0. The summed E-state index contributed by atoms with van der Waals surface area (Å²) in [4.78, 5) is 0. The minimum Gasteiger partial charge on any atom is -0.0625 e. The molecule has 156 valence electrons. The lowest BCUT2D eigenvalue weighted by atomic mass is 9.57. The Hall–Kier alpha value is 0. The highest BCUT2D eigenvalue weighted by Gasteiger charge is 2.41. The summed E-state index contributed by atoms with van der Waals surface area (Å²) in [6.07, 6.45) is 23.3. The molecule has 0 saturated heterocycles. The Morgan fingerprint density at radius 2 is 0.852 bits per heavy atom. The lowest BCUT2D eigenvalue weighted by Gasteiger charge is -2.48. The van der Waals surface area contributed by atoms with Crippen LogP contribution < -0.4 is 0 Å². The van der Waals surface area contributed by atoms with Gasteiger partial charge < -0.3 is 0 Å². The van der Waals surface area contributed by atoms with Gasteiger partial charge in [0.2, 0.25) is 0 Å². The molecule has 0 heterocycles. The predicted octanol–water partition coefficient (Wildman–Crippen LogP) is 8.50. The SMILES string of the molecule is CC1CCC(C2C(C)CC(C3CCC(C4CCCCC4)CC3)CC2C)CC1. The molecule has 27 heavy (non-hydrogen) atoms. The average Bonchev–Trinajstić information content (AvgIpc) is 2.70. The second-order valence-electron chi connectivity index (χ2n) is 11.9. The minimum absolute atomic E-state index is 0.994. The Kier molecular flexibility index (Phi) is 6.92. The summed E-state index contributed by atoms with van der Waals surface area (Å²) in [7, 11) is 0. The molecule has 0 bridgehead atoms. The molecule has 4 saturated carbocycles. The molecule has 0 aromatic heterocycles. The molecule has 0 amide bonds. The Balaban J connectivity index is 1.27. The summed E-state index contributed by atoms with van der Waals surface area (Å²) >= 11 is 0. The lowest BCUT2D eigenvalue weighted by molar-refractivity contribution is 0.0194. The number of hydrogen-bond donors (Lipinski definition) is 0. The van der Waals surface area contributed by atoms with E-state index in [-0.39, 0.29) is 0 Å². The summed E-state index contributed by atoms with van der Waals surface area (Å²) in [6, 6.07) is 0. The summed E-state index contributed by atoms with van der Waals surface area (Å²) in [5, 5.41) is 0. The highest BCUT2D eigenvalue weighted by molar-refractivity contribution is 4.91. The first-order valence-electron chi connectivity index (χ1n) is 13.1. The Labute approximate surface area is 170 Å². The van der Waals surface area contributed by atoms with Gasteiger partial charge in [-0.3, -0.25) is 0 Å². The van der Waals surface area contributed by atoms with Crippen molar-refractivity contribution in [1.82, 2.24) is 0 Å². The second kappa shape index (κ2) is 9.21. The van der Waals surface area contributed by atoms with E-state index >= 15 is 0 Å². The van der Waals surface area contributed by atoms with Crippen molar-refractivity contribution in [2.75, 3.05) is 0 Å². The molecule has 0 aromatic rings. The summed E-state index contributed by atoms with van der Waals surface area (Å²) in [5.74, 6) is 9.48. The van der Waals surface area contributed by atoms with Gasteiger partial charge in [0.15, 0.2) is 0 Å². The van der Waals surface area contributed by atoms with Gasteiger partial charge in [-0.1, -0.05) is 65.7 Å². The van der Waals surface area contributed by atoms with E-state index in [1.165, 1.54) is 44.9 Å². The average molecular weight is 373 g/mol. The molecular weight excluding hydrogens is 324 g/mol. The van der Waals surface area contributed by atoms with E-state index < -0.39 is 0 Å². The molecule has 0 radical (unpaired) electrons. The van der Waals surface area contributed by atoms with Crippen molar-refractivity contribution >= 4 is 0 Å². The molecule has 0 heteroatoms. The van der Waals surface area contributed by atoms with E-state index in [0.29, 0.717) is 0 Å². The molecule has 0 spiro atoms. The van der Waals surface area contributed by atoms with Crippen molar-refractivity contribution in [3.8, 4) is 0 Å². The molecule has 0 N–H and O–H groups in total. The minimum atomic E-state index is 0.994. The van der Waals surface area contributed by atoms with Crippen LogP contribution in [-0.2, 0) is 0 Å². The van der Waals surface area contributed by atoms with Crippen LogP contribution in [0.2, 0.25) is 0 Å². The van der Waals surface area contributed by atoms with E-state index in [1.807, 2.05) is 0 Å². The van der Waals surface area contributed by atoms with E-state index in [0.717, 1.165) is 53.3 Å². The molecule has 0 aliphatic heterocycles. The molecule has 2 unspecified atom stereocenters. The zero-order valence-electron chi connectivity index (χ0n) is 18.8. The van der Waals surface area contributed by atoms with Gasteiger partial charge >= 0.3 is 0 Å². The standard InChI is InChI=1S/C27H48/c1-19-9-11-25(12-10-19)27-20(2)17-26(18-21(27)3)24-15-13-23(14-16-24)22-7-5-4-6-8-22/h19-27H,4-18H2,1-3H3. The van der Waals surface area contributed by atoms with Gasteiger partial charge in [0.25, 0.3) is 0 Å². The van der Waals surface area contributed by atoms with Gasteiger partial charge in [-0.15, -0.1) is 0 Å². The van der Waals surface area contributed by atoms with Crippen LogP contribution in [0.4, 0.5) is 0 Å². The second-order valence-corrected chi connectivity index (χ2v) is 11.9. The van der Waals surface area contributed by atoms with Crippen LogP contribution in [0.1, 0.15) is 117 Å². The molecule has 4 aliphatic carbocycles.